The summed E-state index contributed by atoms with van der Waals surface area (Å²) in [5, 5.41) is 11.8. The smallest absolute Gasteiger partial charge is 0.305 e. The Kier molecular flexibility index (Phi) is 2.41. The van der Waals surface area contributed by atoms with Gasteiger partial charge in [0, 0.05) is 6.20 Å². The number of carboxylic acid groups (broad SMARTS) is 1. The average Bonchev–Trinajstić information content (AvgIpc) is 2.18. The van der Waals surface area contributed by atoms with Gasteiger partial charge >= 0.3 is 5.97 Å². The van der Waals surface area contributed by atoms with Crippen molar-refractivity contribution >= 4 is 5.97 Å². The van der Waals surface area contributed by atoms with Crippen LogP contribution in [-0.2, 0) is 11.2 Å². The van der Waals surface area contributed by atoms with Crippen LogP contribution in [0.5, 0.6) is 0 Å². The number of carbonyl (C=O) groups is 1. The normalized spacial score (nSPS) is 20.1. The van der Waals surface area contributed by atoms with Crippen LogP contribution >= 0.6 is 0 Å². The van der Waals surface area contributed by atoms with Gasteiger partial charge < -0.3 is 10.4 Å². The molecule has 5 nitrogen and oxygen atoms in total. The number of fused-ring (bicyclic) bond motifs is 1. The Labute approximate surface area is 81.2 Å². The topological polar surface area (TPSA) is 75.1 Å². The molecular formula is C9H11N3O2. The molecule has 74 valence electrons. The third-order valence-electron chi connectivity index (χ3n) is 2.32. The molecule has 14 heavy (non-hydrogen) atoms. The molecule has 0 fully saturated rings. The summed E-state index contributed by atoms with van der Waals surface area (Å²) < 4.78 is 0. The van der Waals surface area contributed by atoms with Crippen molar-refractivity contribution < 1.29 is 9.90 Å². The van der Waals surface area contributed by atoms with E-state index in [1.165, 1.54) is 6.33 Å². The van der Waals surface area contributed by atoms with Crippen LogP contribution in [0.25, 0.3) is 0 Å². The van der Waals surface area contributed by atoms with Gasteiger partial charge in [-0.3, -0.25) is 4.79 Å². The van der Waals surface area contributed by atoms with Crippen molar-refractivity contribution in [3.05, 3.63) is 23.8 Å². The number of aliphatic carboxylic acids is 1. The highest BCUT2D eigenvalue weighted by molar-refractivity contribution is 5.68. The van der Waals surface area contributed by atoms with E-state index in [0.717, 1.165) is 24.2 Å². The van der Waals surface area contributed by atoms with Crippen LogP contribution in [0.1, 0.15) is 23.7 Å². The Balaban J connectivity index is 2.26. The van der Waals surface area contributed by atoms with Gasteiger partial charge in [-0.05, 0) is 18.5 Å². The summed E-state index contributed by atoms with van der Waals surface area (Å²) in [5.41, 5.74) is 1.88. The standard InChI is InChI=1S/C9H11N3O2/c13-8(14)3-7-9-6(1-2-11-7)4-10-5-12-9/h4-5,7,11H,1-3H2,(H,13,14). The average molecular weight is 193 g/mol. The van der Waals surface area contributed by atoms with Gasteiger partial charge in [-0.2, -0.15) is 0 Å². The highest BCUT2D eigenvalue weighted by Gasteiger charge is 2.22. The first-order valence-corrected chi connectivity index (χ1v) is 4.51. The van der Waals surface area contributed by atoms with Crippen molar-refractivity contribution in [1.29, 1.82) is 0 Å². The molecule has 1 aromatic heterocycles. The number of carboxylic acids is 1. The van der Waals surface area contributed by atoms with Crippen LogP contribution in [0.3, 0.4) is 0 Å². The summed E-state index contributed by atoms with van der Waals surface area (Å²) in [5.74, 6) is -0.811. The predicted molar refractivity (Wildman–Crippen MR) is 48.7 cm³/mol. The van der Waals surface area contributed by atoms with Crippen molar-refractivity contribution in [2.45, 2.75) is 18.9 Å². The van der Waals surface area contributed by atoms with Crippen molar-refractivity contribution in [1.82, 2.24) is 15.3 Å². The number of aromatic nitrogens is 2. The largest absolute Gasteiger partial charge is 0.481 e. The maximum Gasteiger partial charge on any atom is 0.305 e. The summed E-state index contributed by atoms with van der Waals surface area (Å²) in [6.45, 7) is 0.790. The Morgan fingerprint density at radius 2 is 2.57 bits per heavy atom. The van der Waals surface area contributed by atoms with E-state index in [1.54, 1.807) is 6.20 Å². The van der Waals surface area contributed by atoms with Crippen LogP contribution in [0.2, 0.25) is 0 Å². The van der Waals surface area contributed by atoms with Crippen LogP contribution in [0, 0.1) is 0 Å². The highest BCUT2D eigenvalue weighted by atomic mass is 16.4. The number of hydrogen-bond acceptors (Lipinski definition) is 4. The Bertz CT molecular complexity index is 354. The minimum absolute atomic E-state index is 0.0734. The third kappa shape index (κ3) is 1.72. The van der Waals surface area contributed by atoms with E-state index in [4.69, 9.17) is 5.11 Å². The Hall–Kier alpha value is -1.49. The summed E-state index contributed by atoms with van der Waals surface area (Å²) in [6.07, 6.45) is 4.16. The first-order chi connectivity index (χ1) is 6.77. The lowest BCUT2D eigenvalue weighted by atomic mass is 9.99. The van der Waals surface area contributed by atoms with Gasteiger partial charge in [-0.15, -0.1) is 0 Å². The lowest BCUT2D eigenvalue weighted by molar-refractivity contribution is -0.137. The molecule has 1 atom stereocenters. The second-order valence-corrected chi connectivity index (χ2v) is 3.29. The minimum Gasteiger partial charge on any atom is -0.481 e. The van der Waals surface area contributed by atoms with Gasteiger partial charge in [0.05, 0.1) is 18.2 Å². The van der Waals surface area contributed by atoms with E-state index in [1.807, 2.05) is 0 Å². The van der Waals surface area contributed by atoms with E-state index in [2.05, 4.69) is 15.3 Å². The van der Waals surface area contributed by atoms with Crippen LogP contribution in [0.4, 0.5) is 0 Å². The van der Waals surface area contributed by atoms with Crippen LogP contribution in [-0.4, -0.2) is 27.6 Å². The van der Waals surface area contributed by atoms with Crippen LogP contribution in [0.15, 0.2) is 12.5 Å². The molecule has 2 rings (SSSR count). The number of hydrogen-bond donors (Lipinski definition) is 2. The summed E-state index contributed by atoms with van der Waals surface area (Å²) >= 11 is 0. The van der Waals surface area contributed by atoms with Gasteiger partial charge in [-0.25, -0.2) is 9.97 Å². The molecule has 5 heteroatoms. The molecule has 2 N–H and O–H groups in total. The van der Waals surface area contributed by atoms with Crippen molar-refractivity contribution in [3.8, 4) is 0 Å². The number of nitrogens with one attached hydrogen (secondary N) is 1. The molecule has 0 saturated heterocycles. The molecule has 0 aliphatic carbocycles. The van der Waals surface area contributed by atoms with Gasteiger partial charge in [0.25, 0.3) is 0 Å². The fourth-order valence-electron chi connectivity index (χ4n) is 1.70. The zero-order chi connectivity index (χ0) is 9.97. The van der Waals surface area contributed by atoms with Gasteiger partial charge in [0.1, 0.15) is 6.33 Å². The fraction of sp³-hybridized carbons (Fsp3) is 0.444. The highest BCUT2D eigenvalue weighted by Crippen LogP contribution is 2.21. The first kappa shape index (κ1) is 9.08. The van der Waals surface area contributed by atoms with E-state index in [0.29, 0.717) is 0 Å². The maximum atomic E-state index is 10.6. The van der Waals surface area contributed by atoms with E-state index >= 15 is 0 Å². The third-order valence-corrected chi connectivity index (χ3v) is 2.32. The van der Waals surface area contributed by atoms with Gasteiger partial charge in [0.15, 0.2) is 0 Å². The molecule has 1 aliphatic heterocycles. The molecule has 0 amide bonds. The second kappa shape index (κ2) is 3.71. The quantitative estimate of drug-likeness (QED) is 0.698. The molecule has 0 aromatic carbocycles. The van der Waals surface area contributed by atoms with Gasteiger partial charge in [-0.1, -0.05) is 0 Å². The lowest BCUT2D eigenvalue weighted by Gasteiger charge is -2.23. The molecule has 1 aromatic rings. The minimum atomic E-state index is -0.811. The Morgan fingerprint density at radius 1 is 1.71 bits per heavy atom. The van der Waals surface area contributed by atoms with Crippen LogP contribution < -0.4 is 5.32 Å². The SMILES string of the molecule is O=C(O)CC1NCCc2cncnc21. The molecule has 0 bridgehead atoms. The van der Waals surface area contributed by atoms with E-state index < -0.39 is 5.97 Å². The summed E-state index contributed by atoms with van der Waals surface area (Å²) in [7, 11) is 0. The molecule has 0 spiro atoms. The van der Waals surface area contributed by atoms with Crippen molar-refractivity contribution in [3.63, 3.8) is 0 Å². The zero-order valence-corrected chi connectivity index (χ0v) is 7.60. The fourth-order valence-corrected chi connectivity index (χ4v) is 1.70. The molecular weight excluding hydrogens is 182 g/mol. The second-order valence-electron chi connectivity index (χ2n) is 3.29. The monoisotopic (exact) mass is 193 g/mol. The van der Waals surface area contributed by atoms with Crippen molar-refractivity contribution in [2.24, 2.45) is 0 Å². The molecule has 1 unspecified atom stereocenters. The maximum absolute atomic E-state index is 10.6. The number of rotatable bonds is 2. The lowest BCUT2D eigenvalue weighted by Crippen LogP contribution is -2.32. The molecule has 2 heterocycles. The summed E-state index contributed by atoms with van der Waals surface area (Å²) in [4.78, 5) is 18.6. The van der Waals surface area contributed by atoms with Gasteiger partial charge in [0.2, 0.25) is 0 Å². The molecule has 1 aliphatic rings. The molecule has 0 radical (unpaired) electrons. The zero-order valence-electron chi connectivity index (χ0n) is 7.60. The summed E-state index contributed by atoms with van der Waals surface area (Å²) in [6, 6.07) is -0.167. The Morgan fingerprint density at radius 3 is 3.36 bits per heavy atom. The first-order valence-electron chi connectivity index (χ1n) is 4.51. The van der Waals surface area contributed by atoms with E-state index in [-0.39, 0.29) is 12.5 Å². The van der Waals surface area contributed by atoms with Crippen molar-refractivity contribution in [2.75, 3.05) is 6.54 Å². The predicted octanol–water partition coefficient (Wildman–Crippen LogP) is 0.138. The van der Waals surface area contributed by atoms with E-state index in [9.17, 15) is 4.79 Å². The number of nitrogens with zero attached hydrogens (tertiary/aromatic N) is 2. The molecule has 0 saturated carbocycles.